The fraction of sp³-hybridized carbons (Fsp3) is 0. The fourth-order valence-corrected chi connectivity index (χ4v) is 8.06. The average molecular weight is 715 g/mol. The first-order chi connectivity index (χ1) is 27.8. The second kappa shape index (κ2) is 14.4. The molecule has 0 aliphatic carbocycles. The summed E-state index contributed by atoms with van der Waals surface area (Å²) in [7, 11) is 0. The normalized spacial score (nSPS) is 11.2. The molecule has 0 amide bonds. The second-order valence-corrected chi connectivity index (χ2v) is 14.2. The van der Waals surface area contributed by atoms with E-state index in [0.29, 0.717) is 0 Å². The number of para-hydroxylation sites is 3. The van der Waals surface area contributed by atoms with Crippen LogP contribution in [0.2, 0.25) is 0 Å². The lowest BCUT2D eigenvalue weighted by molar-refractivity contribution is 1.28. The van der Waals surface area contributed by atoms with E-state index in [0.717, 1.165) is 34.1 Å². The van der Waals surface area contributed by atoms with Crippen LogP contribution in [0.1, 0.15) is 0 Å². The van der Waals surface area contributed by atoms with Crippen LogP contribution in [-0.2, 0) is 0 Å². The van der Waals surface area contributed by atoms with Crippen LogP contribution in [0.15, 0.2) is 231 Å². The summed E-state index contributed by atoms with van der Waals surface area (Å²) < 4.78 is 0. The summed E-state index contributed by atoms with van der Waals surface area (Å²) in [6, 6.07) is 83.0. The Morgan fingerprint density at radius 3 is 1.29 bits per heavy atom. The molecular weight excluding hydrogens is 677 g/mol. The molecular formula is C54H38N2. The van der Waals surface area contributed by atoms with Crippen LogP contribution in [0.5, 0.6) is 0 Å². The van der Waals surface area contributed by atoms with Crippen LogP contribution in [0.3, 0.4) is 0 Å². The van der Waals surface area contributed by atoms with Crippen molar-refractivity contribution in [3.8, 4) is 22.3 Å². The van der Waals surface area contributed by atoms with E-state index in [2.05, 4.69) is 240 Å². The molecule has 264 valence electrons. The maximum atomic E-state index is 2.35. The Balaban J connectivity index is 0.972. The van der Waals surface area contributed by atoms with Crippen LogP contribution >= 0.6 is 0 Å². The van der Waals surface area contributed by atoms with Crippen molar-refractivity contribution in [2.45, 2.75) is 0 Å². The van der Waals surface area contributed by atoms with Crippen molar-refractivity contribution in [3.05, 3.63) is 231 Å². The van der Waals surface area contributed by atoms with E-state index < -0.39 is 0 Å². The van der Waals surface area contributed by atoms with Gasteiger partial charge < -0.3 is 9.80 Å². The van der Waals surface area contributed by atoms with Gasteiger partial charge in [-0.25, -0.2) is 0 Å². The van der Waals surface area contributed by atoms with Crippen LogP contribution in [-0.4, -0.2) is 0 Å². The highest BCUT2D eigenvalue weighted by Gasteiger charge is 2.16. The molecule has 0 spiro atoms. The van der Waals surface area contributed by atoms with Crippen LogP contribution < -0.4 is 9.80 Å². The largest absolute Gasteiger partial charge is 0.311 e. The van der Waals surface area contributed by atoms with Crippen LogP contribution in [0, 0.1) is 0 Å². The zero-order chi connectivity index (χ0) is 37.3. The summed E-state index contributed by atoms with van der Waals surface area (Å²) in [5.41, 5.74) is 11.6. The molecule has 0 aromatic heterocycles. The molecule has 2 nitrogen and oxygen atoms in total. The third kappa shape index (κ3) is 6.24. The molecule has 0 aliphatic heterocycles. The SMILES string of the molecule is c1ccc(N(c2ccccc2)c2ccc(-c3ccc4c(-c5ccc(N(c6ccccc6)c6ccc7ccc8ccccc8c7c6)cc5)cccc4c3)cc2)cc1. The Morgan fingerprint density at radius 1 is 0.214 bits per heavy atom. The van der Waals surface area contributed by atoms with Crippen molar-refractivity contribution >= 4 is 66.4 Å². The van der Waals surface area contributed by atoms with Gasteiger partial charge in [0, 0.05) is 34.1 Å². The lowest BCUT2D eigenvalue weighted by Gasteiger charge is -2.26. The number of nitrogens with zero attached hydrogens (tertiary/aromatic N) is 2. The van der Waals surface area contributed by atoms with E-state index in [4.69, 9.17) is 0 Å². The van der Waals surface area contributed by atoms with Gasteiger partial charge in [0.15, 0.2) is 0 Å². The number of benzene rings is 10. The maximum absolute atomic E-state index is 2.35. The van der Waals surface area contributed by atoms with Crippen LogP contribution in [0.25, 0.3) is 54.6 Å². The zero-order valence-electron chi connectivity index (χ0n) is 30.8. The second-order valence-electron chi connectivity index (χ2n) is 14.2. The predicted octanol–water partition coefficient (Wildman–Crippen LogP) is 15.4. The van der Waals surface area contributed by atoms with Gasteiger partial charge in [0.1, 0.15) is 0 Å². The zero-order valence-corrected chi connectivity index (χ0v) is 30.8. The molecule has 0 bridgehead atoms. The molecule has 0 fully saturated rings. The molecule has 0 aliphatic rings. The summed E-state index contributed by atoms with van der Waals surface area (Å²) in [5.74, 6) is 0. The van der Waals surface area contributed by atoms with Crippen molar-refractivity contribution in [3.63, 3.8) is 0 Å². The Kier molecular flexibility index (Phi) is 8.55. The minimum Gasteiger partial charge on any atom is -0.311 e. The summed E-state index contributed by atoms with van der Waals surface area (Å²) in [6.45, 7) is 0. The summed E-state index contributed by atoms with van der Waals surface area (Å²) >= 11 is 0. The molecule has 0 unspecified atom stereocenters. The molecule has 0 N–H and O–H groups in total. The highest BCUT2D eigenvalue weighted by molar-refractivity contribution is 6.09. The van der Waals surface area contributed by atoms with Crippen molar-refractivity contribution in [1.82, 2.24) is 0 Å². The first-order valence-corrected chi connectivity index (χ1v) is 19.2. The fourth-order valence-electron chi connectivity index (χ4n) is 8.06. The standard InChI is InChI=1S/C54H38N2/c1-4-15-45(16-5-1)55(46-17-6-2-7-18-46)48-31-25-39(26-32-48)43-30-36-53-44(37-43)14-12-22-51(53)41-27-33-49(34-28-41)56(47-19-8-3-9-20-47)50-35-29-42-24-23-40-13-10-11-21-52(40)54(42)38-50/h1-38H. The molecule has 0 radical (unpaired) electrons. The molecule has 0 atom stereocenters. The van der Waals surface area contributed by atoms with Crippen molar-refractivity contribution in [1.29, 1.82) is 0 Å². The van der Waals surface area contributed by atoms with E-state index in [-0.39, 0.29) is 0 Å². The highest BCUT2D eigenvalue weighted by atomic mass is 15.1. The average Bonchev–Trinajstić information content (AvgIpc) is 3.28. The van der Waals surface area contributed by atoms with Gasteiger partial charge in [-0.3, -0.25) is 0 Å². The van der Waals surface area contributed by atoms with Crippen molar-refractivity contribution < 1.29 is 0 Å². The quantitative estimate of drug-likeness (QED) is 0.145. The highest BCUT2D eigenvalue weighted by Crippen LogP contribution is 2.40. The molecule has 56 heavy (non-hydrogen) atoms. The number of anilines is 6. The molecule has 2 heteroatoms. The van der Waals surface area contributed by atoms with Gasteiger partial charge in [0.05, 0.1) is 0 Å². The minimum atomic E-state index is 1.11. The van der Waals surface area contributed by atoms with Crippen LogP contribution in [0.4, 0.5) is 34.1 Å². The van der Waals surface area contributed by atoms with Crippen molar-refractivity contribution in [2.75, 3.05) is 9.80 Å². The Bertz CT molecular complexity index is 2900. The van der Waals surface area contributed by atoms with Gasteiger partial charge in [-0.05, 0) is 133 Å². The number of rotatable bonds is 8. The monoisotopic (exact) mass is 714 g/mol. The molecule has 0 saturated carbocycles. The molecule has 10 aromatic rings. The summed E-state index contributed by atoms with van der Waals surface area (Å²) in [6.07, 6.45) is 0. The van der Waals surface area contributed by atoms with Gasteiger partial charge in [0.25, 0.3) is 0 Å². The molecule has 0 saturated heterocycles. The molecule has 10 aromatic carbocycles. The lowest BCUT2D eigenvalue weighted by Crippen LogP contribution is -2.09. The third-order valence-electron chi connectivity index (χ3n) is 10.8. The topological polar surface area (TPSA) is 6.48 Å². The lowest BCUT2D eigenvalue weighted by atomic mass is 9.95. The smallest absolute Gasteiger partial charge is 0.0468 e. The van der Waals surface area contributed by atoms with E-state index in [1.807, 2.05) is 0 Å². The van der Waals surface area contributed by atoms with E-state index in [9.17, 15) is 0 Å². The summed E-state index contributed by atoms with van der Waals surface area (Å²) in [5, 5.41) is 7.47. The maximum Gasteiger partial charge on any atom is 0.0468 e. The van der Waals surface area contributed by atoms with Gasteiger partial charge in [0.2, 0.25) is 0 Å². The Morgan fingerprint density at radius 2 is 0.661 bits per heavy atom. The van der Waals surface area contributed by atoms with Gasteiger partial charge in [-0.15, -0.1) is 0 Å². The first-order valence-electron chi connectivity index (χ1n) is 19.2. The van der Waals surface area contributed by atoms with E-state index in [1.54, 1.807) is 0 Å². The number of fused-ring (bicyclic) bond motifs is 4. The van der Waals surface area contributed by atoms with Gasteiger partial charge >= 0.3 is 0 Å². The number of hydrogen-bond donors (Lipinski definition) is 0. The first kappa shape index (κ1) is 33.2. The van der Waals surface area contributed by atoms with E-state index in [1.165, 1.54) is 54.6 Å². The predicted molar refractivity (Wildman–Crippen MR) is 239 cm³/mol. The number of hydrogen-bond acceptors (Lipinski definition) is 2. The van der Waals surface area contributed by atoms with E-state index >= 15 is 0 Å². The Hall–Kier alpha value is -7.42. The Labute approximate surface area is 327 Å². The molecule has 0 heterocycles. The summed E-state index contributed by atoms with van der Waals surface area (Å²) in [4.78, 5) is 4.65. The molecule has 10 rings (SSSR count). The third-order valence-corrected chi connectivity index (χ3v) is 10.8. The van der Waals surface area contributed by atoms with Gasteiger partial charge in [-0.1, -0.05) is 152 Å². The minimum absolute atomic E-state index is 1.11. The van der Waals surface area contributed by atoms with Crippen molar-refractivity contribution in [2.24, 2.45) is 0 Å². The van der Waals surface area contributed by atoms with Gasteiger partial charge in [-0.2, -0.15) is 0 Å².